The molecule has 0 fully saturated rings. The van der Waals surface area contributed by atoms with Crippen molar-refractivity contribution in [1.29, 1.82) is 0 Å². The number of carbonyl (C=O) groups excluding carboxylic acids is 2. The molecular formula is C16H13FN2O2S. The van der Waals surface area contributed by atoms with Crippen LogP contribution in [-0.2, 0) is 11.3 Å². The summed E-state index contributed by atoms with van der Waals surface area (Å²) < 4.78 is 13.5. The van der Waals surface area contributed by atoms with Crippen molar-refractivity contribution < 1.29 is 14.0 Å². The van der Waals surface area contributed by atoms with Crippen LogP contribution in [0.3, 0.4) is 0 Å². The van der Waals surface area contributed by atoms with Crippen molar-refractivity contribution in [3.8, 4) is 0 Å². The zero-order valence-electron chi connectivity index (χ0n) is 11.6. The maximum Gasteiger partial charge on any atom is 0.254 e. The molecule has 2 N–H and O–H groups in total. The Morgan fingerprint density at radius 3 is 2.91 bits per heavy atom. The molecule has 1 aliphatic heterocycles. The predicted molar refractivity (Wildman–Crippen MR) is 83.4 cm³/mol. The van der Waals surface area contributed by atoms with E-state index in [0.29, 0.717) is 5.75 Å². The minimum absolute atomic E-state index is 0.0179. The Morgan fingerprint density at radius 1 is 1.27 bits per heavy atom. The van der Waals surface area contributed by atoms with Crippen molar-refractivity contribution >= 4 is 29.3 Å². The number of thioether (sulfide) groups is 1. The topological polar surface area (TPSA) is 58.2 Å². The van der Waals surface area contributed by atoms with Gasteiger partial charge >= 0.3 is 0 Å². The molecule has 6 heteroatoms. The number of amides is 2. The zero-order valence-corrected chi connectivity index (χ0v) is 12.4. The second-order valence-electron chi connectivity index (χ2n) is 4.83. The molecule has 3 rings (SSSR count). The Labute approximate surface area is 131 Å². The van der Waals surface area contributed by atoms with Crippen LogP contribution in [0.2, 0.25) is 0 Å². The Bertz CT molecular complexity index is 749. The zero-order chi connectivity index (χ0) is 15.5. The summed E-state index contributed by atoms with van der Waals surface area (Å²) in [6.45, 7) is 0.265. The quantitative estimate of drug-likeness (QED) is 0.915. The number of hydrogen-bond acceptors (Lipinski definition) is 3. The van der Waals surface area contributed by atoms with Crippen LogP contribution in [0, 0.1) is 5.82 Å². The van der Waals surface area contributed by atoms with E-state index in [1.807, 2.05) is 18.2 Å². The van der Waals surface area contributed by atoms with Gasteiger partial charge < -0.3 is 10.6 Å². The van der Waals surface area contributed by atoms with Gasteiger partial charge in [0.1, 0.15) is 5.82 Å². The van der Waals surface area contributed by atoms with Crippen molar-refractivity contribution in [3.63, 3.8) is 0 Å². The SMILES string of the molecule is O=C1CSc2ccc(CNC(=O)c3ccccc3F)cc2N1. The van der Waals surface area contributed by atoms with Crippen molar-refractivity contribution in [2.45, 2.75) is 11.4 Å². The van der Waals surface area contributed by atoms with E-state index < -0.39 is 11.7 Å². The predicted octanol–water partition coefficient (Wildman–Crippen LogP) is 2.80. The number of fused-ring (bicyclic) bond motifs is 1. The standard InChI is InChI=1S/C16H13FN2O2S/c17-12-4-2-1-3-11(12)16(21)18-8-10-5-6-14-13(7-10)19-15(20)9-22-14/h1-7H,8-9H2,(H,18,21)(H,19,20). The number of nitrogens with one attached hydrogen (secondary N) is 2. The smallest absolute Gasteiger partial charge is 0.254 e. The van der Waals surface area contributed by atoms with E-state index >= 15 is 0 Å². The van der Waals surface area contributed by atoms with E-state index in [1.54, 1.807) is 6.07 Å². The average molecular weight is 316 g/mol. The lowest BCUT2D eigenvalue weighted by Gasteiger charge is -2.17. The lowest BCUT2D eigenvalue weighted by Crippen LogP contribution is -2.24. The second kappa shape index (κ2) is 6.19. The molecule has 0 unspecified atom stereocenters. The van der Waals surface area contributed by atoms with E-state index in [-0.39, 0.29) is 18.0 Å². The number of anilines is 1. The summed E-state index contributed by atoms with van der Waals surface area (Å²) in [7, 11) is 0. The van der Waals surface area contributed by atoms with Crippen molar-refractivity contribution in [2.75, 3.05) is 11.1 Å². The third-order valence-corrected chi connectivity index (χ3v) is 4.32. The summed E-state index contributed by atoms with van der Waals surface area (Å²) in [6, 6.07) is 11.4. The third-order valence-electron chi connectivity index (χ3n) is 3.25. The van der Waals surface area contributed by atoms with Crippen LogP contribution in [0.1, 0.15) is 15.9 Å². The van der Waals surface area contributed by atoms with Crippen LogP contribution in [0.4, 0.5) is 10.1 Å². The fraction of sp³-hybridized carbons (Fsp3) is 0.125. The summed E-state index contributed by atoms with van der Waals surface area (Å²) in [5.74, 6) is -0.635. The van der Waals surface area contributed by atoms with Crippen molar-refractivity contribution in [2.24, 2.45) is 0 Å². The van der Waals surface area contributed by atoms with Gasteiger partial charge in [0.25, 0.3) is 5.91 Å². The van der Waals surface area contributed by atoms with Crippen LogP contribution in [-0.4, -0.2) is 17.6 Å². The van der Waals surface area contributed by atoms with Gasteiger partial charge in [-0.3, -0.25) is 9.59 Å². The Kier molecular flexibility index (Phi) is 4.11. The number of carbonyl (C=O) groups is 2. The number of hydrogen-bond donors (Lipinski definition) is 2. The summed E-state index contributed by atoms with van der Waals surface area (Å²) in [5.41, 5.74) is 1.61. The lowest BCUT2D eigenvalue weighted by atomic mass is 10.1. The molecule has 4 nitrogen and oxygen atoms in total. The minimum Gasteiger partial charge on any atom is -0.348 e. The first-order valence-electron chi connectivity index (χ1n) is 6.72. The molecule has 2 aromatic carbocycles. The summed E-state index contributed by atoms with van der Waals surface area (Å²) in [6.07, 6.45) is 0. The number of halogens is 1. The molecule has 1 heterocycles. The van der Waals surface area contributed by atoms with Gasteiger partial charge in [0, 0.05) is 11.4 Å². The van der Waals surface area contributed by atoms with Gasteiger partial charge in [-0.15, -0.1) is 11.8 Å². The highest BCUT2D eigenvalue weighted by Crippen LogP contribution is 2.31. The van der Waals surface area contributed by atoms with Crippen LogP contribution in [0.15, 0.2) is 47.4 Å². The second-order valence-corrected chi connectivity index (χ2v) is 5.85. The molecule has 22 heavy (non-hydrogen) atoms. The van der Waals surface area contributed by atoms with E-state index in [1.165, 1.54) is 30.0 Å². The van der Waals surface area contributed by atoms with Crippen LogP contribution < -0.4 is 10.6 Å². The van der Waals surface area contributed by atoms with Crippen molar-refractivity contribution in [3.05, 3.63) is 59.4 Å². The Morgan fingerprint density at radius 2 is 2.09 bits per heavy atom. The summed E-state index contributed by atoms with van der Waals surface area (Å²) >= 11 is 1.48. The molecule has 0 aliphatic carbocycles. The fourth-order valence-electron chi connectivity index (χ4n) is 2.16. The number of rotatable bonds is 3. The Balaban J connectivity index is 1.69. The maximum absolute atomic E-state index is 13.5. The highest BCUT2D eigenvalue weighted by Gasteiger charge is 2.16. The summed E-state index contributed by atoms with van der Waals surface area (Å²) in [4.78, 5) is 24.3. The first kappa shape index (κ1) is 14.6. The minimum atomic E-state index is -0.547. The van der Waals surface area contributed by atoms with Crippen molar-refractivity contribution in [1.82, 2.24) is 5.32 Å². The lowest BCUT2D eigenvalue weighted by molar-refractivity contribution is -0.113. The molecular weight excluding hydrogens is 303 g/mol. The third kappa shape index (κ3) is 3.12. The average Bonchev–Trinajstić information content (AvgIpc) is 2.52. The van der Waals surface area contributed by atoms with E-state index in [9.17, 15) is 14.0 Å². The molecule has 0 saturated carbocycles. The first-order valence-corrected chi connectivity index (χ1v) is 7.70. The Hall–Kier alpha value is -2.34. The molecule has 0 aromatic heterocycles. The van der Waals surface area contributed by atoms with Gasteiger partial charge in [0.15, 0.2) is 0 Å². The van der Waals surface area contributed by atoms with Gasteiger partial charge in [0.05, 0.1) is 17.0 Å². The van der Waals surface area contributed by atoms with Gasteiger partial charge in [-0.1, -0.05) is 18.2 Å². The molecule has 0 atom stereocenters. The number of benzene rings is 2. The fourth-order valence-corrected chi connectivity index (χ4v) is 2.95. The normalized spacial score (nSPS) is 13.2. The van der Waals surface area contributed by atoms with Gasteiger partial charge in [0.2, 0.25) is 5.91 Å². The monoisotopic (exact) mass is 316 g/mol. The molecule has 0 spiro atoms. The van der Waals surface area contributed by atoms with Gasteiger partial charge in [-0.2, -0.15) is 0 Å². The first-order chi connectivity index (χ1) is 10.6. The molecule has 0 radical (unpaired) electrons. The van der Waals surface area contributed by atoms with Crippen LogP contribution >= 0.6 is 11.8 Å². The van der Waals surface area contributed by atoms with Crippen LogP contribution in [0.5, 0.6) is 0 Å². The molecule has 112 valence electrons. The van der Waals surface area contributed by atoms with E-state index in [0.717, 1.165) is 16.1 Å². The molecule has 2 amide bonds. The summed E-state index contributed by atoms with van der Waals surface area (Å²) in [5, 5.41) is 5.47. The van der Waals surface area contributed by atoms with Gasteiger partial charge in [-0.05, 0) is 29.8 Å². The maximum atomic E-state index is 13.5. The highest BCUT2D eigenvalue weighted by molar-refractivity contribution is 8.00. The molecule has 0 bridgehead atoms. The largest absolute Gasteiger partial charge is 0.348 e. The molecule has 2 aromatic rings. The van der Waals surface area contributed by atoms with E-state index in [2.05, 4.69) is 10.6 Å². The molecule has 1 aliphatic rings. The van der Waals surface area contributed by atoms with Gasteiger partial charge in [-0.25, -0.2) is 4.39 Å². The highest BCUT2D eigenvalue weighted by atomic mass is 32.2. The molecule has 0 saturated heterocycles. The van der Waals surface area contributed by atoms with Crippen LogP contribution in [0.25, 0.3) is 0 Å². The van der Waals surface area contributed by atoms with E-state index in [4.69, 9.17) is 0 Å².